The van der Waals surface area contributed by atoms with Gasteiger partial charge in [-0.2, -0.15) is 18.8 Å². The minimum Gasteiger partial charge on any atom is -0.481 e. The van der Waals surface area contributed by atoms with Crippen molar-refractivity contribution in [3.05, 3.63) is 41.7 Å². The molecule has 1 aliphatic rings. The molecule has 1 amide bonds. The SMILES string of the molecule is CC(=O)Nc1nc(N2CCCC(C(=O)O)C2)cnc1N=Nc1c(C#N)c(C)nn1-c1ccc(S(=O)(=O)O)cc1. The van der Waals surface area contributed by atoms with Gasteiger partial charge in [-0.25, -0.2) is 14.6 Å². The average Bonchev–Trinajstić information content (AvgIpc) is 3.22. The highest BCUT2D eigenvalue weighted by atomic mass is 32.2. The van der Waals surface area contributed by atoms with Crippen molar-refractivity contribution >= 4 is 45.3 Å². The van der Waals surface area contributed by atoms with E-state index in [-0.39, 0.29) is 34.5 Å². The second kappa shape index (κ2) is 10.9. The lowest BCUT2D eigenvalue weighted by Gasteiger charge is -2.31. The quantitative estimate of drug-likeness (QED) is 0.285. The molecule has 0 spiro atoms. The van der Waals surface area contributed by atoms with Gasteiger partial charge < -0.3 is 15.3 Å². The summed E-state index contributed by atoms with van der Waals surface area (Å²) in [7, 11) is -4.41. The van der Waals surface area contributed by atoms with Gasteiger partial charge in [-0.3, -0.25) is 14.1 Å². The summed E-state index contributed by atoms with van der Waals surface area (Å²) in [6.45, 7) is 3.67. The standard InChI is InChI=1S/C23H23N9O6S/c1-13-18(10-24)22(32(30-13)16-5-7-17(8-6-16)39(36,37)38)29-28-20-21(26-14(2)33)27-19(11-25-20)31-9-3-4-15(12-31)23(34)35/h5-8,11,15H,3-4,9,12H2,1-2H3,(H,34,35)(H,26,27,33)(H,36,37,38). The summed E-state index contributed by atoms with van der Waals surface area (Å²) in [5.74, 6) is -1.61. The zero-order valence-electron chi connectivity index (χ0n) is 20.8. The number of aliphatic carboxylic acids is 1. The van der Waals surface area contributed by atoms with E-state index in [9.17, 15) is 32.9 Å². The molecule has 3 N–H and O–H groups in total. The van der Waals surface area contributed by atoms with Crippen molar-refractivity contribution in [3.63, 3.8) is 0 Å². The highest BCUT2D eigenvalue weighted by molar-refractivity contribution is 7.85. The minimum atomic E-state index is -4.41. The first-order valence-corrected chi connectivity index (χ1v) is 13.0. The van der Waals surface area contributed by atoms with Crippen LogP contribution in [0.3, 0.4) is 0 Å². The summed E-state index contributed by atoms with van der Waals surface area (Å²) in [6.07, 6.45) is 2.60. The summed E-state index contributed by atoms with van der Waals surface area (Å²) in [4.78, 5) is 33.4. The highest BCUT2D eigenvalue weighted by Crippen LogP contribution is 2.31. The molecule has 202 valence electrons. The van der Waals surface area contributed by atoms with Crippen LogP contribution in [0.2, 0.25) is 0 Å². The maximum Gasteiger partial charge on any atom is 0.308 e. The zero-order valence-corrected chi connectivity index (χ0v) is 21.6. The summed E-state index contributed by atoms with van der Waals surface area (Å²) < 4.78 is 33.3. The molecule has 2 aromatic heterocycles. The van der Waals surface area contributed by atoms with Crippen LogP contribution in [0.1, 0.15) is 31.0 Å². The van der Waals surface area contributed by atoms with Crippen LogP contribution in [0, 0.1) is 24.2 Å². The summed E-state index contributed by atoms with van der Waals surface area (Å²) in [5, 5.41) is 34.1. The van der Waals surface area contributed by atoms with Crippen LogP contribution in [-0.2, 0) is 19.7 Å². The molecule has 15 nitrogen and oxygen atoms in total. The fourth-order valence-corrected chi connectivity index (χ4v) is 4.49. The molecule has 16 heteroatoms. The number of anilines is 2. The van der Waals surface area contributed by atoms with E-state index in [4.69, 9.17) is 0 Å². The fraction of sp³-hybridized carbons (Fsp3) is 0.304. The Labute approximate surface area is 222 Å². The second-order valence-corrected chi connectivity index (χ2v) is 10.1. The molecule has 1 aliphatic heterocycles. The monoisotopic (exact) mass is 553 g/mol. The molecule has 0 radical (unpaired) electrons. The van der Waals surface area contributed by atoms with Crippen LogP contribution < -0.4 is 10.2 Å². The van der Waals surface area contributed by atoms with Crippen molar-refractivity contribution in [2.24, 2.45) is 16.1 Å². The number of carboxylic acids is 1. The number of benzene rings is 1. The molecule has 1 fully saturated rings. The van der Waals surface area contributed by atoms with Crippen LogP contribution in [0.15, 0.2) is 45.6 Å². The Balaban J connectivity index is 1.72. The van der Waals surface area contributed by atoms with Gasteiger partial charge in [0.25, 0.3) is 10.1 Å². The van der Waals surface area contributed by atoms with Gasteiger partial charge in [-0.1, -0.05) is 0 Å². The molecule has 0 aliphatic carbocycles. The van der Waals surface area contributed by atoms with E-state index in [1.54, 1.807) is 11.8 Å². The lowest BCUT2D eigenvalue weighted by molar-refractivity contribution is -0.142. The number of rotatable bonds is 7. The van der Waals surface area contributed by atoms with E-state index in [0.717, 1.165) is 0 Å². The van der Waals surface area contributed by atoms with Gasteiger partial charge in [0.2, 0.25) is 11.7 Å². The van der Waals surface area contributed by atoms with Crippen molar-refractivity contribution in [3.8, 4) is 11.8 Å². The lowest BCUT2D eigenvalue weighted by Crippen LogP contribution is -2.39. The van der Waals surface area contributed by atoms with Gasteiger partial charge >= 0.3 is 5.97 Å². The second-order valence-electron chi connectivity index (χ2n) is 8.68. The number of nitrogens with zero attached hydrogens (tertiary/aromatic N) is 8. The highest BCUT2D eigenvalue weighted by Gasteiger charge is 2.27. The van der Waals surface area contributed by atoms with Crippen molar-refractivity contribution in [2.75, 3.05) is 23.3 Å². The van der Waals surface area contributed by atoms with Gasteiger partial charge in [0.15, 0.2) is 11.6 Å². The number of carbonyl (C=O) groups excluding carboxylic acids is 1. The predicted molar refractivity (Wildman–Crippen MR) is 136 cm³/mol. The zero-order chi connectivity index (χ0) is 28.3. The number of hydrogen-bond donors (Lipinski definition) is 3. The smallest absolute Gasteiger partial charge is 0.308 e. The lowest BCUT2D eigenvalue weighted by atomic mass is 9.98. The van der Waals surface area contributed by atoms with Gasteiger partial charge in [0, 0.05) is 20.0 Å². The van der Waals surface area contributed by atoms with Gasteiger partial charge in [-0.15, -0.1) is 10.2 Å². The van der Waals surface area contributed by atoms with Gasteiger partial charge in [-0.05, 0) is 44.0 Å². The van der Waals surface area contributed by atoms with E-state index >= 15 is 0 Å². The summed E-state index contributed by atoms with van der Waals surface area (Å²) >= 11 is 0. The van der Waals surface area contributed by atoms with E-state index in [0.29, 0.717) is 36.6 Å². The number of nitriles is 1. The Bertz CT molecular complexity index is 1610. The Morgan fingerprint density at radius 1 is 1.23 bits per heavy atom. The number of carboxylic acid groups (broad SMARTS) is 1. The first kappa shape index (κ1) is 27.3. The number of carbonyl (C=O) groups is 2. The van der Waals surface area contributed by atoms with E-state index in [1.807, 2.05) is 6.07 Å². The molecule has 0 bridgehead atoms. The molecule has 0 saturated carbocycles. The maximum atomic E-state index is 11.8. The summed E-state index contributed by atoms with van der Waals surface area (Å²) in [5.41, 5.74) is 0.755. The number of aromatic nitrogens is 4. The van der Waals surface area contributed by atoms with E-state index in [2.05, 4.69) is 30.6 Å². The third-order valence-electron chi connectivity index (χ3n) is 5.90. The van der Waals surface area contributed by atoms with Gasteiger partial charge in [0.05, 0.1) is 28.4 Å². The Morgan fingerprint density at radius 2 is 1.95 bits per heavy atom. The molecule has 4 rings (SSSR count). The molecular formula is C23H23N9O6S. The topological polar surface area (TPSA) is 216 Å². The molecule has 3 heterocycles. The third kappa shape index (κ3) is 6.05. The van der Waals surface area contributed by atoms with Crippen molar-refractivity contribution in [1.82, 2.24) is 19.7 Å². The van der Waals surface area contributed by atoms with Crippen LogP contribution >= 0.6 is 0 Å². The molecule has 1 atom stereocenters. The Kier molecular flexibility index (Phi) is 7.65. The molecule has 3 aromatic rings. The first-order valence-electron chi connectivity index (χ1n) is 11.6. The number of nitrogens with one attached hydrogen (secondary N) is 1. The number of aryl methyl sites for hydroxylation is 1. The summed E-state index contributed by atoms with van der Waals surface area (Å²) in [6, 6.07) is 7.09. The predicted octanol–water partition coefficient (Wildman–Crippen LogP) is 2.76. The molecule has 1 unspecified atom stereocenters. The van der Waals surface area contributed by atoms with Gasteiger partial charge in [0.1, 0.15) is 17.5 Å². The average molecular weight is 554 g/mol. The normalized spacial score (nSPS) is 15.7. The Hall–Kier alpha value is -4.75. The Morgan fingerprint density at radius 3 is 2.56 bits per heavy atom. The fourth-order valence-electron chi connectivity index (χ4n) is 4.01. The van der Waals surface area contributed by atoms with Crippen molar-refractivity contribution in [1.29, 1.82) is 5.26 Å². The van der Waals surface area contributed by atoms with Crippen molar-refractivity contribution < 1.29 is 27.7 Å². The third-order valence-corrected chi connectivity index (χ3v) is 6.76. The largest absolute Gasteiger partial charge is 0.481 e. The number of piperidine rings is 1. The van der Waals surface area contributed by atoms with Crippen LogP contribution in [-0.4, -0.2) is 62.8 Å². The molecular weight excluding hydrogens is 530 g/mol. The first-order chi connectivity index (χ1) is 18.5. The van der Waals surface area contributed by atoms with Crippen LogP contribution in [0.5, 0.6) is 0 Å². The number of hydrogen-bond acceptors (Lipinski definition) is 11. The molecule has 1 saturated heterocycles. The minimum absolute atomic E-state index is 0.00888. The molecule has 1 aromatic carbocycles. The van der Waals surface area contributed by atoms with E-state index < -0.39 is 27.9 Å². The van der Waals surface area contributed by atoms with E-state index in [1.165, 1.54) is 42.1 Å². The number of amides is 1. The van der Waals surface area contributed by atoms with Crippen molar-refractivity contribution in [2.45, 2.75) is 31.6 Å². The van der Waals surface area contributed by atoms with Crippen LogP contribution in [0.4, 0.5) is 23.3 Å². The molecule has 39 heavy (non-hydrogen) atoms. The maximum absolute atomic E-state index is 11.8. The van der Waals surface area contributed by atoms with Crippen LogP contribution in [0.25, 0.3) is 5.69 Å². The number of azo groups is 1.